The number of rotatable bonds is 3. The summed E-state index contributed by atoms with van der Waals surface area (Å²) in [7, 11) is 1.71. The van der Waals surface area contributed by atoms with Crippen molar-refractivity contribution in [3.63, 3.8) is 0 Å². The molecule has 2 aromatic carbocycles. The summed E-state index contributed by atoms with van der Waals surface area (Å²) in [4.78, 5) is 19.2. The molecule has 0 spiro atoms. The second-order valence-electron chi connectivity index (χ2n) is 7.59. The van der Waals surface area contributed by atoms with Crippen LogP contribution in [0, 0.1) is 5.92 Å². The first-order chi connectivity index (χ1) is 12.7. The molecule has 1 aliphatic carbocycles. The van der Waals surface area contributed by atoms with Crippen LogP contribution in [0.25, 0.3) is 0 Å². The smallest absolute Gasteiger partial charge is 0.256 e. The molecule has 2 heterocycles. The Kier molecular flexibility index (Phi) is 3.66. The van der Waals surface area contributed by atoms with E-state index >= 15 is 0 Å². The molecule has 0 aromatic heterocycles. The number of methoxy groups -OCH3 is 1. The lowest BCUT2D eigenvalue weighted by Crippen LogP contribution is -2.70. The van der Waals surface area contributed by atoms with Crippen molar-refractivity contribution in [1.82, 2.24) is 5.06 Å². The molecule has 2 aliphatic heterocycles. The summed E-state index contributed by atoms with van der Waals surface area (Å²) in [6.45, 7) is 0. The van der Waals surface area contributed by atoms with Crippen molar-refractivity contribution in [3.05, 3.63) is 71.8 Å². The van der Waals surface area contributed by atoms with E-state index in [0.717, 1.165) is 24.8 Å². The second-order valence-corrected chi connectivity index (χ2v) is 7.59. The van der Waals surface area contributed by atoms with E-state index in [-0.39, 0.29) is 29.7 Å². The van der Waals surface area contributed by atoms with Crippen LogP contribution >= 0.6 is 0 Å². The van der Waals surface area contributed by atoms with E-state index in [1.165, 1.54) is 5.56 Å². The molecule has 3 fully saturated rings. The molecular formula is C22H23NO3. The number of amides is 1. The molecule has 0 radical (unpaired) electrons. The molecule has 0 N–H and O–H groups in total. The highest BCUT2D eigenvalue weighted by Gasteiger charge is 2.65. The van der Waals surface area contributed by atoms with Crippen LogP contribution in [0.3, 0.4) is 0 Å². The Bertz CT molecular complexity index is 809. The number of benzene rings is 2. The first-order valence-electron chi connectivity index (χ1n) is 9.42. The number of hydrogen-bond acceptors (Lipinski definition) is 3. The van der Waals surface area contributed by atoms with Crippen LogP contribution in [0.2, 0.25) is 0 Å². The van der Waals surface area contributed by atoms with E-state index in [9.17, 15) is 4.79 Å². The number of carbonyl (C=O) groups excluding carboxylic acids is 1. The average molecular weight is 349 g/mol. The van der Waals surface area contributed by atoms with Gasteiger partial charge in [-0.1, -0.05) is 60.7 Å². The lowest BCUT2D eigenvalue weighted by atomic mass is 9.66. The summed E-state index contributed by atoms with van der Waals surface area (Å²) in [6, 6.07) is 20.7. The number of β-lactam (4-membered cyclic amide) rings is 1. The molecule has 1 amide bonds. The van der Waals surface area contributed by atoms with E-state index in [1.54, 1.807) is 12.2 Å². The van der Waals surface area contributed by atoms with Crippen molar-refractivity contribution in [2.75, 3.05) is 7.11 Å². The fourth-order valence-electron chi connectivity index (χ4n) is 5.28. The van der Waals surface area contributed by atoms with Gasteiger partial charge in [0.25, 0.3) is 5.91 Å². The van der Waals surface area contributed by atoms with Crippen molar-refractivity contribution in [3.8, 4) is 0 Å². The van der Waals surface area contributed by atoms with Gasteiger partial charge in [0.15, 0.2) is 5.79 Å². The quantitative estimate of drug-likeness (QED) is 0.790. The van der Waals surface area contributed by atoms with Crippen molar-refractivity contribution in [2.45, 2.75) is 42.9 Å². The third-order valence-electron chi connectivity index (χ3n) is 6.44. The maximum Gasteiger partial charge on any atom is 0.256 e. The van der Waals surface area contributed by atoms with Gasteiger partial charge in [0.2, 0.25) is 0 Å². The van der Waals surface area contributed by atoms with Gasteiger partial charge in [-0.25, -0.2) is 9.90 Å². The molecule has 2 aromatic rings. The van der Waals surface area contributed by atoms with E-state index < -0.39 is 5.79 Å². The second kappa shape index (κ2) is 5.93. The van der Waals surface area contributed by atoms with Gasteiger partial charge in [-0.2, -0.15) is 0 Å². The predicted molar refractivity (Wildman–Crippen MR) is 97.2 cm³/mol. The molecule has 0 unspecified atom stereocenters. The standard InChI is InChI=1S/C22H23NO3/c1-25-22-14-8-13-17(22)18(15-9-4-2-5-10-15)20-19(21(24)23(20)26-22)16-11-6-3-7-12-16/h2-7,9-12,17-20H,8,13-14H2,1H3/t17-,18-,19-,20-,22-/m1/s1. The highest BCUT2D eigenvalue weighted by atomic mass is 16.8. The minimum absolute atomic E-state index is 0.0266. The molecule has 2 saturated heterocycles. The normalized spacial score (nSPS) is 35.6. The van der Waals surface area contributed by atoms with Crippen LogP contribution < -0.4 is 0 Å². The Morgan fingerprint density at radius 2 is 1.69 bits per heavy atom. The zero-order chi connectivity index (χ0) is 17.7. The molecule has 134 valence electrons. The SMILES string of the molecule is CO[C@@]12CCC[C@@H]1[C@@H](c1ccccc1)[C@@H]1[C@@H](c3ccccc3)C(=O)N1O2. The highest BCUT2D eigenvalue weighted by Crippen LogP contribution is 2.59. The summed E-state index contributed by atoms with van der Waals surface area (Å²) in [5.74, 6) is -0.291. The Morgan fingerprint density at radius 1 is 1.04 bits per heavy atom. The van der Waals surface area contributed by atoms with Gasteiger partial charge in [-0.05, 0) is 24.0 Å². The molecular weight excluding hydrogens is 326 g/mol. The minimum Gasteiger partial charge on any atom is -0.351 e. The molecule has 5 atom stereocenters. The number of ether oxygens (including phenoxy) is 1. The fraction of sp³-hybridized carbons (Fsp3) is 0.409. The van der Waals surface area contributed by atoms with E-state index in [4.69, 9.17) is 9.57 Å². The first kappa shape index (κ1) is 16.0. The average Bonchev–Trinajstić information content (AvgIpc) is 3.13. The van der Waals surface area contributed by atoms with Gasteiger partial charge < -0.3 is 4.74 Å². The first-order valence-corrected chi connectivity index (χ1v) is 9.42. The van der Waals surface area contributed by atoms with Gasteiger partial charge in [-0.15, -0.1) is 0 Å². The fourth-order valence-corrected chi connectivity index (χ4v) is 5.28. The lowest BCUT2D eigenvalue weighted by Gasteiger charge is -2.59. The van der Waals surface area contributed by atoms with Gasteiger partial charge in [0.05, 0.1) is 12.0 Å². The molecule has 4 nitrogen and oxygen atoms in total. The van der Waals surface area contributed by atoms with Crippen molar-refractivity contribution < 1.29 is 14.4 Å². The molecule has 0 bridgehead atoms. The molecule has 5 rings (SSSR count). The van der Waals surface area contributed by atoms with Gasteiger partial charge >= 0.3 is 0 Å². The summed E-state index contributed by atoms with van der Waals surface area (Å²) in [5.41, 5.74) is 2.35. The zero-order valence-electron chi connectivity index (χ0n) is 14.9. The number of hydrogen-bond donors (Lipinski definition) is 0. The van der Waals surface area contributed by atoms with Crippen molar-refractivity contribution in [2.24, 2.45) is 5.92 Å². The van der Waals surface area contributed by atoms with Gasteiger partial charge in [0.1, 0.15) is 0 Å². The third kappa shape index (κ3) is 2.12. The van der Waals surface area contributed by atoms with Gasteiger partial charge in [-0.3, -0.25) is 4.79 Å². The van der Waals surface area contributed by atoms with E-state index in [0.29, 0.717) is 0 Å². The monoisotopic (exact) mass is 349 g/mol. The van der Waals surface area contributed by atoms with Crippen molar-refractivity contribution in [1.29, 1.82) is 0 Å². The summed E-state index contributed by atoms with van der Waals surface area (Å²) >= 11 is 0. The number of hydroxylamine groups is 2. The molecule has 4 heteroatoms. The highest BCUT2D eigenvalue weighted by molar-refractivity contribution is 5.90. The lowest BCUT2D eigenvalue weighted by molar-refractivity contribution is -0.395. The summed E-state index contributed by atoms with van der Waals surface area (Å²) in [5, 5.41) is 1.61. The Morgan fingerprint density at radius 3 is 2.35 bits per heavy atom. The summed E-state index contributed by atoms with van der Waals surface area (Å²) < 4.78 is 5.88. The number of fused-ring (bicyclic) bond motifs is 2. The van der Waals surface area contributed by atoms with Crippen LogP contribution in [0.4, 0.5) is 0 Å². The van der Waals surface area contributed by atoms with Gasteiger partial charge in [0, 0.05) is 25.4 Å². The number of nitrogens with zero attached hydrogens (tertiary/aromatic N) is 1. The zero-order valence-corrected chi connectivity index (χ0v) is 14.9. The maximum absolute atomic E-state index is 13.0. The van der Waals surface area contributed by atoms with Crippen molar-refractivity contribution >= 4 is 5.91 Å². The Labute approximate surface area is 153 Å². The van der Waals surface area contributed by atoms with E-state index in [2.05, 4.69) is 36.4 Å². The van der Waals surface area contributed by atoms with E-state index in [1.807, 2.05) is 24.3 Å². The maximum atomic E-state index is 13.0. The Hall–Kier alpha value is -2.17. The Balaban J connectivity index is 1.61. The number of carbonyl (C=O) groups is 1. The van der Waals surface area contributed by atoms with Crippen LogP contribution in [0.5, 0.6) is 0 Å². The minimum atomic E-state index is -0.672. The molecule has 3 aliphatic rings. The predicted octanol–water partition coefficient (Wildman–Crippen LogP) is 3.85. The van der Waals surface area contributed by atoms with Crippen LogP contribution in [0.1, 0.15) is 42.2 Å². The molecule has 26 heavy (non-hydrogen) atoms. The van der Waals surface area contributed by atoms with Crippen LogP contribution in [-0.4, -0.2) is 29.9 Å². The largest absolute Gasteiger partial charge is 0.351 e. The summed E-state index contributed by atoms with van der Waals surface area (Å²) in [6.07, 6.45) is 2.96. The molecule has 1 saturated carbocycles. The third-order valence-corrected chi connectivity index (χ3v) is 6.44. The topological polar surface area (TPSA) is 38.8 Å². The van der Waals surface area contributed by atoms with Crippen LogP contribution in [0.15, 0.2) is 60.7 Å². The van der Waals surface area contributed by atoms with Crippen LogP contribution in [-0.2, 0) is 14.4 Å².